The van der Waals surface area contributed by atoms with Gasteiger partial charge in [-0.1, -0.05) is 35.9 Å². The summed E-state index contributed by atoms with van der Waals surface area (Å²) in [6, 6.07) is 20.4. The maximum Gasteiger partial charge on any atom is 0.256 e. The van der Waals surface area contributed by atoms with Crippen molar-refractivity contribution in [1.29, 1.82) is 0 Å². The summed E-state index contributed by atoms with van der Waals surface area (Å²) in [5.41, 5.74) is 3.15. The molecule has 1 aromatic heterocycles. The summed E-state index contributed by atoms with van der Waals surface area (Å²) in [5.74, 6) is 0.842. The summed E-state index contributed by atoms with van der Waals surface area (Å²) in [7, 11) is 0. The van der Waals surface area contributed by atoms with Crippen LogP contribution < -0.4 is 25.7 Å². The third-order valence-corrected chi connectivity index (χ3v) is 6.34. The lowest BCUT2D eigenvalue weighted by Gasteiger charge is -2.21. The number of fused-ring (bicyclic) bond motifs is 2. The van der Waals surface area contributed by atoms with Gasteiger partial charge in [0.1, 0.15) is 19.8 Å². The van der Waals surface area contributed by atoms with E-state index in [1.54, 1.807) is 24.3 Å². The molecule has 1 amide bonds. The van der Waals surface area contributed by atoms with E-state index in [0.29, 0.717) is 53.0 Å². The lowest BCUT2D eigenvalue weighted by Crippen LogP contribution is -2.31. The van der Waals surface area contributed by atoms with E-state index >= 15 is 0 Å². The van der Waals surface area contributed by atoms with Gasteiger partial charge in [0.05, 0.1) is 5.52 Å². The average molecular weight is 490 g/mol. The molecule has 35 heavy (non-hydrogen) atoms. The van der Waals surface area contributed by atoms with E-state index in [0.717, 1.165) is 16.6 Å². The Morgan fingerprint density at radius 2 is 1.74 bits per heavy atom. The molecule has 2 heterocycles. The van der Waals surface area contributed by atoms with Crippen molar-refractivity contribution in [2.24, 2.45) is 0 Å². The Kier molecular flexibility index (Phi) is 6.33. The molecule has 1 aliphatic rings. The molecular formula is C27H24ClN3O4. The van der Waals surface area contributed by atoms with Crippen LogP contribution in [0.2, 0.25) is 5.02 Å². The maximum atomic E-state index is 13.5. The van der Waals surface area contributed by atoms with Crippen molar-refractivity contribution in [3.63, 3.8) is 0 Å². The molecule has 178 valence electrons. The van der Waals surface area contributed by atoms with Crippen molar-refractivity contribution in [3.05, 3.63) is 93.2 Å². The van der Waals surface area contributed by atoms with Gasteiger partial charge in [-0.3, -0.25) is 14.2 Å². The van der Waals surface area contributed by atoms with Crippen LogP contribution in [0.15, 0.2) is 71.5 Å². The zero-order valence-corrected chi connectivity index (χ0v) is 19.9. The first kappa shape index (κ1) is 22.8. The monoisotopic (exact) mass is 489 g/mol. The van der Waals surface area contributed by atoms with Crippen molar-refractivity contribution in [3.8, 4) is 11.5 Å². The number of nitrogens with zero attached hydrogens (tertiary/aromatic N) is 1. The van der Waals surface area contributed by atoms with E-state index in [4.69, 9.17) is 21.1 Å². The van der Waals surface area contributed by atoms with E-state index < -0.39 is 0 Å². The fourth-order valence-electron chi connectivity index (χ4n) is 4.09. The second-order valence-corrected chi connectivity index (χ2v) is 8.70. The Morgan fingerprint density at radius 3 is 2.51 bits per heavy atom. The second-order valence-electron chi connectivity index (χ2n) is 8.30. The molecule has 5 rings (SSSR count). The summed E-state index contributed by atoms with van der Waals surface area (Å²) < 4.78 is 12.9. The minimum atomic E-state index is -0.332. The number of halogens is 1. The highest BCUT2D eigenvalue weighted by Crippen LogP contribution is 2.34. The maximum absolute atomic E-state index is 13.5. The number of anilines is 2. The Bertz CT molecular complexity index is 1470. The number of ether oxygens (including phenoxy) is 2. The number of carbonyl (C=O) groups is 1. The van der Waals surface area contributed by atoms with Gasteiger partial charge in [-0.05, 0) is 48.9 Å². The largest absolute Gasteiger partial charge is 0.486 e. The van der Waals surface area contributed by atoms with Crippen molar-refractivity contribution in [2.45, 2.75) is 20.0 Å². The fraction of sp³-hybridized carbons (Fsp3) is 0.185. The van der Waals surface area contributed by atoms with Crippen molar-refractivity contribution >= 4 is 39.8 Å². The number of para-hydroxylation sites is 1. The van der Waals surface area contributed by atoms with Crippen LogP contribution >= 0.6 is 11.6 Å². The predicted octanol–water partition coefficient (Wildman–Crippen LogP) is 4.99. The van der Waals surface area contributed by atoms with Crippen LogP contribution in [-0.2, 0) is 17.9 Å². The Hall–Kier alpha value is -3.97. The minimum absolute atomic E-state index is 0.167. The fourth-order valence-corrected chi connectivity index (χ4v) is 4.26. The SMILES string of the molecule is Cc1c(Cl)cccc1NC(=O)Cn1c(=O)c(CNc2ccccc2)cc2cc3c(cc21)OCCO3. The Labute approximate surface area is 207 Å². The quantitative estimate of drug-likeness (QED) is 0.399. The van der Waals surface area contributed by atoms with Gasteiger partial charge in [0.25, 0.3) is 5.56 Å². The van der Waals surface area contributed by atoms with Crippen LogP contribution in [0.1, 0.15) is 11.1 Å². The standard InChI is InChI=1S/C27H24ClN3O4/c1-17-21(28)8-5-9-22(17)30-26(32)16-31-23-14-25-24(34-10-11-35-25)13-18(23)12-19(27(31)33)15-29-20-6-3-2-4-7-20/h2-9,12-14,29H,10-11,15-16H2,1H3,(H,30,32). The van der Waals surface area contributed by atoms with Crippen LogP contribution in [-0.4, -0.2) is 23.7 Å². The molecule has 0 radical (unpaired) electrons. The molecule has 0 saturated heterocycles. The number of nitrogens with one attached hydrogen (secondary N) is 2. The number of hydrogen-bond donors (Lipinski definition) is 2. The van der Waals surface area contributed by atoms with E-state index in [1.807, 2.05) is 49.4 Å². The number of amides is 1. The highest BCUT2D eigenvalue weighted by molar-refractivity contribution is 6.31. The lowest BCUT2D eigenvalue weighted by atomic mass is 10.1. The second kappa shape index (κ2) is 9.72. The Morgan fingerprint density at radius 1 is 1.00 bits per heavy atom. The molecule has 3 aromatic carbocycles. The van der Waals surface area contributed by atoms with E-state index in [-0.39, 0.29) is 18.0 Å². The third kappa shape index (κ3) is 4.81. The molecule has 0 atom stereocenters. The molecular weight excluding hydrogens is 466 g/mol. The molecule has 0 bridgehead atoms. The van der Waals surface area contributed by atoms with Gasteiger partial charge in [-0.2, -0.15) is 0 Å². The molecule has 4 aromatic rings. The van der Waals surface area contributed by atoms with Crippen LogP contribution in [0.25, 0.3) is 10.9 Å². The number of benzene rings is 3. The number of pyridine rings is 1. The van der Waals surface area contributed by atoms with Crippen molar-refractivity contribution in [2.75, 3.05) is 23.8 Å². The van der Waals surface area contributed by atoms with Crippen molar-refractivity contribution in [1.82, 2.24) is 4.57 Å². The molecule has 8 heteroatoms. The summed E-state index contributed by atoms with van der Waals surface area (Å²) >= 11 is 6.20. The molecule has 0 unspecified atom stereocenters. The predicted molar refractivity (Wildman–Crippen MR) is 138 cm³/mol. The first-order valence-corrected chi connectivity index (χ1v) is 11.7. The summed E-state index contributed by atoms with van der Waals surface area (Å²) in [6.45, 7) is 2.86. The van der Waals surface area contributed by atoms with Gasteiger partial charge in [0, 0.05) is 40.0 Å². The topological polar surface area (TPSA) is 81.6 Å². The average Bonchev–Trinajstić information content (AvgIpc) is 2.87. The van der Waals surface area contributed by atoms with Crippen LogP contribution in [0.3, 0.4) is 0 Å². The third-order valence-electron chi connectivity index (χ3n) is 5.93. The first-order chi connectivity index (χ1) is 17.0. The Balaban J connectivity index is 1.52. The highest BCUT2D eigenvalue weighted by Gasteiger charge is 2.19. The van der Waals surface area contributed by atoms with Gasteiger partial charge < -0.3 is 20.1 Å². The molecule has 2 N–H and O–H groups in total. The van der Waals surface area contributed by atoms with E-state index in [9.17, 15) is 9.59 Å². The summed E-state index contributed by atoms with van der Waals surface area (Å²) in [6.07, 6.45) is 0. The van der Waals surface area contributed by atoms with Gasteiger partial charge >= 0.3 is 0 Å². The highest BCUT2D eigenvalue weighted by atomic mass is 35.5. The van der Waals surface area contributed by atoms with Gasteiger partial charge in [-0.25, -0.2) is 0 Å². The zero-order valence-electron chi connectivity index (χ0n) is 19.1. The zero-order chi connectivity index (χ0) is 24.4. The van der Waals surface area contributed by atoms with E-state index in [1.165, 1.54) is 4.57 Å². The summed E-state index contributed by atoms with van der Waals surface area (Å²) in [4.78, 5) is 26.6. The lowest BCUT2D eigenvalue weighted by molar-refractivity contribution is -0.116. The minimum Gasteiger partial charge on any atom is -0.486 e. The van der Waals surface area contributed by atoms with Crippen LogP contribution in [0, 0.1) is 6.92 Å². The summed E-state index contributed by atoms with van der Waals surface area (Å²) in [5, 5.41) is 7.50. The van der Waals surface area contributed by atoms with Crippen LogP contribution in [0.4, 0.5) is 11.4 Å². The molecule has 0 saturated carbocycles. The number of rotatable bonds is 6. The molecule has 0 fully saturated rings. The molecule has 1 aliphatic heterocycles. The normalized spacial score (nSPS) is 12.4. The van der Waals surface area contributed by atoms with Crippen LogP contribution in [0.5, 0.6) is 11.5 Å². The number of hydrogen-bond acceptors (Lipinski definition) is 5. The van der Waals surface area contributed by atoms with E-state index in [2.05, 4.69) is 10.6 Å². The molecule has 0 spiro atoms. The van der Waals surface area contributed by atoms with Gasteiger partial charge in [0.2, 0.25) is 5.91 Å². The van der Waals surface area contributed by atoms with Gasteiger partial charge in [-0.15, -0.1) is 0 Å². The van der Waals surface area contributed by atoms with Gasteiger partial charge in [0.15, 0.2) is 11.5 Å². The first-order valence-electron chi connectivity index (χ1n) is 11.3. The smallest absolute Gasteiger partial charge is 0.256 e. The molecule has 0 aliphatic carbocycles. The number of aromatic nitrogens is 1. The molecule has 7 nitrogen and oxygen atoms in total. The number of carbonyl (C=O) groups excluding carboxylic acids is 1. The van der Waals surface area contributed by atoms with Crippen molar-refractivity contribution < 1.29 is 14.3 Å².